The maximum atomic E-state index is 12.2. The zero-order valence-corrected chi connectivity index (χ0v) is 9.87. The number of carboxylic acids is 1. The SMILES string of the molecule is O=C1CN(C(=O)c2cccc(O)c2)C(C(=O)O)CN1. The molecule has 7 nitrogen and oxygen atoms in total. The molecule has 2 rings (SSSR count). The topological polar surface area (TPSA) is 107 Å². The predicted octanol–water partition coefficient (Wildman–Crippen LogP) is -0.583. The van der Waals surface area contributed by atoms with Crippen LogP contribution in [0.1, 0.15) is 10.4 Å². The molecule has 7 heteroatoms. The van der Waals surface area contributed by atoms with E-state index in [1.54, 1.807) is 0 Å². The molecule has 0 bridgehead atoms. The van der Waals surface area contributed by atoms with Gasteiger partial charge >= 0.3 is 5.97 Å². The van der Waals surface area contributed by atoms with Gasteiger partial charge in [0, 0.05) is 12.1 Å². The summed E-state index contributed by atoms with van der Waals surface area (Å²) in [5.41, 5.74) is 0.140. The van der Waals surface area contributed by atoms with Gasteiger partial charge in [0.15, 0.2) is 0 Å². The number of phenols is 1. The lowest BCUT2D eigenvalue weighted by molar-refractivity contribution is -0.144. The Morgan fingerprint density at radius 1 is 1.37 bits per heavy atom. The summed E-state index contributed by atoms with van der Waals surface area (Å²) >= 11 is 0. The molecule has 1 fully saturated rings. The first kappa shape index (κ1) is 12.9. The van der Waals surface area contributed by atoms with Crippen LogP contribution in [0.25, 0.3) is 0 Å². The molecule has 1 aliphatic rings. The largest absolute Gasteiger partial charge is 0.508 e. The van der Waals surface area contributed by atoms with Crippen molar-refractivity contribution >= 4 is 17.8 Å². The standard InChI is InChI=1S/C12H12N2O5/c15-8-3-1-2-7(4-8)11(17)14-6-10(16)13-5-9(14)12(18)19/h1-4,9,15H,5-6H2,(H,13,16)(H,18,19). The molecule has 1 heterocycles. The fraction of sp³-hybridized carbons (Fsp3) is 0.250. The second kappa shape index (κ2) is 4.97. The molecule has 1 aliphatic heterocycles. The van der Waals surface area contributed by atoms with Gasteiger partial charge in [-0.2, -0.15) is 0 Å². The number of carbonyl (C=O) groups is 3. The van der Waals surface area contributed by atoms with E-state index < -0.39 is 23.8 Å². The summed E-state index contributed by atoms with van der Waals surface area (Å²) in [5, 5.41) is 20.8. The van der Waals surface area contributed by atoms with Crippen molar-refractivity contribution in [2.45, 2.75) is 6.04 Å². The Balaban J connectivity index is 2.28. The lowest BCUT2D eigenvalue weighted by Gasteiger charge is -2.32. The molecule has 0 saturated carbocycles. The normalized spacial score (nSPS) is 18.8. The molecule has 100 valence electrons. The number of amides is 2. The maximum absolute atomic E-state index is 12.2. The summed E-state index contributed by atoms with van der Waals surface area (Å²) in [4.78, 5) is 35.5. The molecule has 3 N–H and O–H groups in total. The summed E-state index contributed by atoms with van der Waals surface area (Å²) in [6.45, 7) is -0.440. The number of rotatable bonds is 2. The number of nitrogens with one attached hydrogen (secondary N) is 1. The molecule has 1 atom stereocenters. The van der Waals surface area contributed by atoms with Crippen molar-refractivity contribution in [1.82, 2.24) is 10.2 Å². The Labute approximate surface area is 108 Å². The van der Waals surface area contributed by atoms with E-state index in [1.165, 1.54) is 24.3 Å². The van der Waals surface area contributed by atoms with Crippen molar-refractivity contribution in [3.05, 3.63) is 29.8 Å². The van der Waals surface area contributed by atoms with Crippen LogP contribution in [0.3, 0.4) is 0 Å². The van der Waals surface area contributed by atoms with Gasteiger partial charge in [-0.15, -0.1) is 0 Å². The van der Waals surface area contributed by atoms with E-state index in [-0.39, 0.29) is 24.4 Å². The van der Waals surface area contributed by atoms with E-state index >= 15 is 0 Å². The molecule has 1 unspecified atom stereocenters. The molecule has 1 saturated heterocycles. The van der Waals surface area contributed by atoms with Crippen LogP contribution in [-0.4, -0.2) is 52.0 Å². The van der Waals surface area contributed by atoms with Crippen LogP contribution in [0.5, 0.6) is 5.75 Å². The number of carboxylic acid groups (broad SMARTS) is 1. The van der Waals surface area contributed by atoms with E-state index in [0.29, 0.717) is 0 Å². The van der Waals surface area contributed by atoms with Gasteiger partial charge < -0.3 is 20.4 Å². The van der Waals surface area contributed by atoms with Gasteiger partial charge in [0.2, 0.25) is 5.91 Å². The Hall–Kier alpha value is -2.57. The number of aliphatic carboxylic acids is 1. The number of carbonyl (C=O) groups excluding carboxylic acids is 2. The smallest absolute Gasteiger partial charge is 0.328 e. The average Bonchev–Trinajstić information content (AvgIpc) is 2.37. The average molecular weight is 264 g/mol. The first-order chi connectivity index (χ1) is 8.99. The van der Waals surface area contributed by atoms with Gasteiger partial charge in [0.25, 0.3) is 5.91 Å². The van der Waals surface area contributed by atoms with Gasteiger partial charge in [0.1, 0.15) is 18.3 Å². The third-order valence-corrected chi connectivity index (χ3v) is 2.82. The molecule has 1 aromatic carbocycles. The molecule has 0 spiro atoms. The number of hydrogen-bond acceptors (Lipinski definition) is 4. The van der Waals surface area contributed by atoms with Crippen LogP contribution in [0.4, 0.5) is 0 Å². The Kier molecular flexibility index (Phi) is 3.37. The van der Waals surface area contributed by atoms with Crippen LogP contribution in [0.15, 0.2) is 24.3 Å². The van der Waals surface area contributed by atoms with Crippen LogP contribution < -0.4 is 5.32 Å². The highest BCUT2D eigenvalue weighted by Crippen LogP contribution is 2.15. The lowest BCUT2D eigenvalue weighted by Crippen LogP contribution is -2.59. The summed E-state index contributed by atoms with van der Waals surface area (Å²) in [6.07, 6.45) is 0. The third kappa shape index (κ3) is 2.65. The number of phenolic OH excluding ortho intramolecular Hbond substituents is 1. The molecular weight excluding hydrogens is 252 g/mol. The highest BCUT2D eigenvalue weighted by Gasteiger charge is 2.35. The number of aromatic hydroxyl groups is 1. The zero-order valence-electron chi connectivity index (χ0n) is 9.87. The van der Waals surface area contributed by atoms with Gasteiger partial charge in [-0.3, -0.25) is 9.59 Å². The van der Waals surface area contributed by atoms with Gasteiger partial charge in [0.05, 0.1) is 0 Å². The molecule has 19 heavy (non-hydrogen) atoms. The van der Waals surface area contributed by atoms with E-state index in [4.69, 9.17) is 5.11 Å². The third-order valence-electron chi connectivity index (χ3n) is 2.82. The van der Waals surface area contributed by atoms with E-state index in [2.05, 4.69) is 5.32 Å². The quantitative estimate of drug-likeness (QED) is 0.662. The van der Waals surface area contributed by atoms with Crippen LogP contribution >= 0.6 is 0 Å². The minimum atomic E-state index is -1.19. The van der Waals surface area contributed by atoms with E-state index in [0.717, 1.165) is 4.90 Å². The van der Waals surface area contributed by atoms with Crippen LogP contribution in [0.2, 0.25) is 0 Å². The molecular formula is C12H12N2O5. The Morgan fingerprint density at radius 2 is 2.11 bits per heavy atom. The fourth-order valence-electron chi connectivity index (χ4n) is 1.88. The summed E-state index contributed by atoms with van der Waals surface area (Å²) in [6, 6.07) is 4.45. The van der Waals surface area contributed by atoms with Crippen molar-refractivity contribution < 1.29 is 24.6 Å². The molecule has 2 amide bonds. The number of nitrogens with zero attached hydrogens (tertiary/aromatic N) is 1. The second-order valence-corrected chi connectivity index (χ2v) is 4.14. The van der Waals surface area contributed by atoms with E-state index in [9.17, 15) is 19.5 Å². The van der Waals surface area contributed by atoms with Crippen LogP contribution in [0, 0.1) is 0 Å². The number of benzene rings is 1. The second-order valence-electron chi connectivity index (χ2n) is 4.14. The summed E-state index contributed by atoms with van der Waals surface area (Å²) in [7, 11) is 0. The maximum Gasteiger partial charge on any atom is 0.328 e. The van der Waals surface area contributed by atoms with Gasteiger partial charge in [-0.1, -0.05) is 6.07 Å². The monoisotopic (exact) mass is 264 g/mol. The van der Waals surface area contributed by atoms with Gasteiger partial charge in [-0.25, -0.2) is 4.79 Å². The van der Waals surface area contributed by atoms with Crippen molar-refractivity contribution in [2.75, 3.05) is 13.1 Å². The number of hydrogen-bond donors (Lipinski definition) is 3. The first-order valence-corrected chi connectivity index (χ1v) is 5.58. The summed E-state index contributed by atoms with van der Waals surface area (Å²) in [5.74, 6) is -2.29. The Bertz CT molecular complexity index is 543. The molecule has 0 aliphatic carbocycles. The number of piperazine rings is 1. The molecule has 0 radical (unpaired) electrons. The minimum absolute atomic E-state index is 0.0980. The minimum Gasteiger partial charge on any atom is -0.508 e. The zero-order chi connectivity index (χ0) is 14.0. The molecule has 1 aromatic rings. The van der Waals surface area contributed by atoms with E-state index in [1.807, 2.05) is 0 Å². The highest BCUT2D eigenvalue weighted by molar-refractivity contribution is 6.00. The summed E-state index contributed by atoms with van der Waals surface area (Å²) < 4.78 is 0. The first-order valence-electron chi connectivity index (χ1n) is 5.58. The van der Waals surface area contributed by atoms with Crippen molar-refractivity contribution in [1.29, 1.82) is 0 Å². The van der Waals surface area contributed by atoms with Crippen LogP contribution in [-0.2, 0) is 9.59 Å². The van der Waals surface area contributed by atoms with Crippen molar-refractivity contribution in [3.8, 4) is 5.75 Å². The Morgan fingerprint density at radius 3 is 2.74 bits per heavy atom. The van der Waals surface area contributed by atoms with Crippen molar-refractivity contribution in [3.63, 3.8) is 0 Å². The molecule has 0 aromatic heterocycles. The van der Waals surface area contributed by atoms with Gasteiger partial charge in [-0.05, 0) is 18.2 Å². The lowest BCUT2D eigenvalue weighted by atomic mass is 10.1. The van der Waals surface area contributed by atoms with Crippen molar-refractivity contribution in [2.24, 2.45) is 0 Å². The highest BCUT2D eigenvalue weighted by atomic mass is 16.4. The predicted molar refractivity (Wildman–Crippen MR) is 63.6 cm³/mol. The fourth-order valence-corrected chi connectivity index (χ4v) is 1.88.